The highest BCUT2D eigenvalue weighted by atomic mass is 16.5. The summed E-state index contributed by atoms with van der Waals surface area (Å²) in [6.45, 7) is 0.780. The van der Waals surface area contributed by atoms with E-state index in [9.17, 15) is 4.79 Å². The van der Waals surface area contributed by atoms with Gasteiger partial charge in [-0.1, -0.05) is 18.2 Å². The predicted octanol–water partition coefficient (Wildman–Crippen LogP) is 2.56. The van der Waals surface area contributed by atoms with E-state index in [0.29, 0.717) is 19.0 Å². The lowest BCUT2D eigenvalue weighted by Gasteiger charge is -2.05. The van der Waals surface area contributed by atoms with Gasteiger partial charge in [0.25, 0.3) is 0 Å². The molecule has 4 heteroatoms. The molecule has 1 aromatic carbocycles. The van der Waals surface area contributed by atoms with Crippen LogP contribution >= 0.6 is 0 Å². The molecule has 0 aliphatic rings. The first-order chi connectivity index (χ1) is 8.86. The lowest BCUT2D eigenvalue weighted by atomic mass is 10.3. The number of furan rings is 1. The monoisotopic (exact) mass is 246 g/mol. The van der Waals surface area contributed by atoms with E-state index in [1.54, 1.807) is 12.1 Å². The second-order valence-corrected chi connectivity index (χ2v) is 3.61. The summed E-state index contributed by atoms with van der Waals surface area (Å²) in [4.78, 5) is 11.5. The fourth-order valence-electron chi connectivity index (χ4n) is 1.41. The zero-order valence-corrected chi connectivity index (χ0v) is 9.87. The van der Waals surface area contributed by atoms with Crippen LogP contribution in [-0.2, 0) is 4.74 Å². The third-order valence-electron chi connectivity index (χ3n) is 2.27. The van der Waals surface area contributed by atoms with E-state index in [-0.39, 0.29) is 12.4 Å². The van der Waals surface area contributed by atoms with Gasteiger partial charge in [0, 0.05) is 0 Å². The number of benzene rings is 1. The fraction of sp³-hybridized carbons (Fsp3) is 0.214. The van der Waals surface area contributed by atoms with Gasteiger partial charge in [0.2, 0.25) is 5.78 Å². The molecule has 0 N–H and O–H groups in total. The fourth-order valence-corrected chi connectivity index (χ4v) is 1.41. The topological polar surface area (TPSA) is 48.7 Å². The number of ketones is 1. The first kappa shape index (κ1) is 12.4. The Kier molecular flexibility index (Phi) is 4.55. The Balaban J connectivity index is 1.61. The van der Waals surface area contributed by atoms with Gasteiger partial charge in [-0.15, -0.1) is 0 Å². The molecular weight excluding hydrogens is 232 g/mol. The Morgan fingerprint density at radius 2 is 1.89 bits per heavy atom. The van der Waals surface area contributed by atoms with Crippen molar-refractivity contribution in [3.05, 3.63) is 54.5 Å². The maximum absolute atomic E-state index is 11.5. The highest BCUT2D eigenvalue weighted by Crippen LogP contribution is 2.07. The second-order valence-electron chi connectivity index (χ2n) is 3.61. The van der Waals surface area contributed by atoms with Crippen molar-refractivity contribution in [2.45, 2.75) is 0 Å². The van der Waals surface area contributed by atoms with Gasteiger partial charge in [-0.05, 0) is 24.3 Å². The van der Waals surface area contributed by atoms with Crippen LogP contribution in [0, 0.1) is 0 Å². The van der Waals surface area contributed by atoms with E-state index in [0.717, 1.165) is 5.75 Å². The van der Waals surface area contributed by atoms with Crippen molar-refractivity contribution in [1.29, 1.82) is 0 Å². The summed E-state index contributed by atoms with van der Waals surface area (Å²) >= 11 is 0. The zero-order valence-electron chi connectivity index (χ0n) is 9.87. The molecule has 4 nitrogen and oxygen atoms in total. The maximum atomic E-state index is 11.5. The van der Waals surface area contributed by atoms with E-state index < -0.39 is 0 Å². The van der Waals surface area contributed by atoms with Crippen LogP contribution in [0.15, 0.2) is 53.1 Å². The summed E-state index contributed by atoms with van der Waals surface area (Å²) in [6.07, 6.45) is 1.46. The Morgan fingerprint density at radius 1 is 1.06 bits per heavy atom. The van der Waals surface area contributed by atoms with E-state index in [1.165, 1.54) is 6.26 Å². The number of rotatable bonds is 7. The molecule has 0 amide bonds. The number of hydrogen-bond acceptors (Lipinski definition) is 4. The molecule has 18 heavy (non-hydrogen) atoms. The van der Waals surface area contributed by atoms with Crippen LogP contribution in [0.2, 0.25) is 0 Å². The number of ether oxygens (including phenoxy) is 2. The molecule has 0 atom stereocenters. The molecule has 0 saturated carbocycles. The normalized spacial score (nSPS) is 10.2. The average molecular weight is 246 g/mol. The molecule has 0 unspecified atom stereocenters. The number of carbonyl (C=O) groups is 1. The van der Waals surface area contributed by atoms with Crippen LogP contribution in [0.25, 0.3) is 0 Å². The van der Waals surface area contributed by atoms with Crippen LogP contribution < -0.4 is 4.74 Å². The Morgan fingerprint density at radius 3 is 2.61 bits per heavy atom. The highest BCUT2D eigenvalue weighted by molar-refractivity contribution is 5.94. The van der Waals surface area contributed by atoms with E-state index in [1.807, 2.05) is 30.3 Å². The maximum Gasteiger partial charge on any atom is 0.223 e. The van der Waals surface area contributed by atoms with Crippen molar-refractivity contribution < 1.29 is 18.7 Å². The van der Waals surface area contributed by atoms with E-state index >= 15 is 0 Å². The Bertz CT molecular complexity index is 462. The number of carbonyl (C=O) groups excluding carboxylic acids is 1. The van der Waals surface area contributed by atoms with Gasteiger partial charge >= 0.3 is 0 Å². The molecule has 2 aromatic rings. The number of para-hydroxylation sites is 1. The van der Waals surface area contributed by atoms with Crippen LogP contribution in [-0.4, -0.2) is 25.6 Å². The minimum Gasteiger partial charge on any atom is -0.491 e. The molecule has 0 spiro atoms. The largest absolute Gasteiger partial charge is 0.491 e. The standard InChI is InChI=1S/C14H14O4/c15-13(14-7-4-8-18-14)11-16-9-10-17-12-5-2-1-3-6-12/h1-8H,9-11H2. The van der Waals surface area contributed by atoms with Crippen molar-refractivity contribution in [3.63, 3.8) is 0 Å². The summed E-state index contributed by atoms with van der Waals surface area (Å²) < 4.78 is 15.6. The minimum absolute atomic E-state index is 0.00562. The van der Waals surface area contributed by atoms with Crippen LogP contribution in [0.1, 0.15) is 10.6 Å². The lowest BCUT2D eigenvalue weighted by molar-refractivity contribution is 0.0664. The summed E-state index contributed by atoms with van der Waals surface area (Å²) in [5.74, 6) is 0.942. The zero-order chi connectivity index (χ0) is 12.6. The van der Waals surface area contributed by atoms with Crippen LogP contribution in [0.5, 0.6) is 5.75 Å². The third kappa shape index (κ3) is 3.75. The smallest absolute Gasteiger partial charge is 0.223 e. The number of Topliss-reactive ketones (excluding diaryl/α,β-unsaturated/α-hetero) is 1. The lowest BCUT2D eigenvalue weighted by Crippen LogP contribution is -2.13. The summed E-state index contributed by atoms with van der Waals surface area (Å²) in [5, 5.41) is 0. The summed E-state index contributed by atoms with van der Waals surface area (Å²) in [7, 11) is 0. The van der Waals surface area contributed by atoms with Crippen molar-refractivity contribution in [2.75, 3.05) is 19.8 Å². The molecule has 0 aliphatic carbocycles. The average Bonchev–Trinajstić information content (AvgIpc) is 2.93. The Hall–Kier alpha value is -2.07. The quantitative estimate of drug-likeness (QED) is 0.556. The molecule has 2 rings (SSSR count). The van der Waals surface area contributed by atoms with Gasteiger partial charge in [0.05, 0.1) is 12.9 Å². The van der Waals surface area contributed by atoms with Gasteiger partial charge in [-0.25, -0.2) is 0 Å². The van der Waals surface area contributed by atoms with Gasteiger partial charge in [0.15, 0.2) is 5.76 Å². The minimum atomic E-state index is -0.167. The predicted molar refractivity (Wildman–Crippen MR) is 65.8 cm³/mol. The van der Waals surface area contributed by atoms with Crippen molar-refractivity contribution in [3.8, 4) is 5.75 Å². The summed E-state index contributed by atoms with van der Waals surface area (Å²) in [6, 6.07) is 12.7. The van der Waals surface area contributed by atoms with Crippen molar-refractivity contribution in [2.24, 2.45) is 0 Å². The van der Waals surface area contributed by atoms with Gasteiger partial charge < -0.3 is 13.9 Å². The Labute approximate surface area is 105 Å². The van der Waals surface area contributed by atoms with Crippen LogP contribution in [0.4, 0.5) is 0 Å². The van der Waals surface area contributed by atoms with Gasteiger partial charge in [0.1, 0.15) is 19.0 Å². The van der Waals surface area contributed by atoms with E-state index in [4.69, 9.17) is 13.9 Å². The molecule has 0 aliphatic heterocycles. The molecule has 0 fully saturated rings. The van der Waals surface area contributed by atoms with Crippen molar-refractivity contribution >= 4 is 5.78 Å². The molecule has 0 radical (unpaired) electrons. The molecule has 0 bridgehead atoms. The van der Waals surface area contributed by atoms with E-state index in [2.05, 4.69) is 0 Å². The molecule has 1 aromatic heterocycles. The van der Waals surface area contributed by atoms with Crippen LogP contribution in [0.3, 0.4) is 0 Å². The highest BCUT2D eigenvalue weighted by Gasteiger charge is 2.07. The molecular formula is C14H14O4. The molecule has 0 saturated heterocycles. The first-order valence-corrected chi connectivity index (χ1v) is 5.68. The summed E-state index contributed by atoms with van der Waals surface area (Å²) in [5.41, 5.74) is 0. The number of hydrogen-bond donors (Lipinski definition) is 0. The van der Waals surface area contributed by atoms with Gasteiger partial charge in [-0.3, -0.25) is 4.79 Å². The third-order valence-corrected chi connectivity index (χ3v) is 2.27. The SMILES string of the molecule is O=C(COCCOc1ccccc1)c1ccco1. The van der Waals surface area contributed by atoms with Gasteiger partial charge in [-0.2, -0.15) is 0 Å². The second kappa shape index (κ2) is 6.61. The first-order valence-electron chi connectivity index (χ1n) is 5.68. The molecule has 1 heterocycles. The van der Waals surface area contributed by atoms with Crippen molar-refractivity contribution in [1.82, 2.24) is 0 Å². The molecule has 94 valence electrons.